The largest absolute Gasteiger partial charge is 0.485 e. The lowest BCUT2D eigenvalue weighted by Crippen LogP contribution is -2.23. The first-order valence-corrected chi connectivity index (χ1v) is 6.52. The number of aliphatic hydroxyl groups excluding tert-OH is 2. The third-order valence-corrected chi connectivity index (χ3v) is 2.98. The van der Waals surface area contributed by atoms with E-state index in [2.05, 4.69) is 10.4 Å². The Morgan fingerprint density at radius 3 is 2.90 bits per heavy atom. The number of halogens is 1. The van der Waals surface area contributed by atoms with Gasteiger partial charge < -0.3 is 20.3 Å². The molecule has 21 heavy (non-hydrogen) atoms. The van der Waals surface area contributed by atoms with Crippen molar-refractivity contribution >= 4 is 5.69 Å². The van der Waals surface area contributed by atoms with Crippen LogP contribution in [0.4, 0.5) is 10.1 Å². The van der Waals surface area contributed by atoms with Crippen molar-refractivity contribution in [3.63, 3.8) is 0 Å². The van der Waals surface area contributed by atoms with Crippen molar-refractivity contribution in [1.82, 2.24) is 9.78 Å². The maximum absolute atomic E-state index is 13.3. The molecule has 1 aromatic heterocycles. The number of benzene rings is 1. The normalized spacial score (nSPS) is 12.2. The molecule has 2 aromatic rings. The molecule has 7 heteroatoms. The van der Waals surface area contributed by atoms with Crippen molar-refractivity contribution in [3.8, 4) is 5.75 Å². The van der Waals surface area contributed by atoms with Crippen LogP contribution in [-0.4, -0.2) is 39.2 Å². The minimum atomic E-state index is -0.918. The van der Waals surface area contributed by atoms with E-state index in [1.807, 2.05) is 6.07 Å². The van der Waals surface area contributed by atoms with Crippen LogP contribution in [0.5, 0.6) is 5.75 Å². The fourth-order valence-electron chi connectivity index (χ4n) is 1.75. The summed E-state index contributed by atoms with van der Waals surface area (Å²) in [5, 5.41) is 25.0. The Hall–Kier alpha value is -2.12. The highest BCUT2D eigenvalue weighted by molar-refractivity contribution is 5.56. The van der Waals surface area contributed by atoms with E-state index >= 15 is 0 Å². The minimum Gasteiger partial charge on any atom is -0.485 e. The zero-order chi connectivity index (χ0) is 15.2. The Morgan fingerprint density at radius 1 is 1.43 bits per heavy atom. The molecule has 1 unspecified atom stereocenters. The van der Waals surface area contributed by atoms with Crippen LogP contribution < -0.4 is 10.1 Å². The summed E-state index contributed by atoms with van der Waals surface area (Å²) in [5.74, 6) is 0.0478. The van der Waals surface area contributed by atoms with Crippen molar-refractivity contribution in [2.24, 2.45) is 7.05 Å². The zero-order valence-electron chi connectivity index (χ0n) is 11.7. The van der Waals surface area contributed by atoms with Gasteiger partial charge in [-0.1, -0.05) is 0 Å². The molecule has 0 radical (unpaired) electrons. The number of aryl methyl sites for hydroxylation is 1. The fourth-order valence-corrected chi connectivity index (χ4v) is 1.75. The Balaban J connectivity index is 2.05. The molecule has 1 aromatic carbocycles. The van der Waals surface area contributed by atoms with Gasteiger partial charge in [-0.3, -0.25) is 4.68 Å². The molecule has 114 valence electrons. The van der Waals surface area contributed by atoms with Crippen molar-refractivity contribution in [1.29, 1.82) is 0 Å². The highest BCUT2D eigenvalue weighted by Gasteiger charge is 2.09. The highest BCUT2D eigenvalue weighted by atomic mass is 19.1. The molecule has 0 aliphatic heterocycles. The predicted molar refractivity (Wildman–Crippen MR) is 75.5 cm³/mol. The summed E-state index contributed by atoms with van der Waals surface area (Å²) in [6, 6.07) is 5.92. The maximum atomic E-state index is 13.3. The summed E-state index contributed by atoms with van der Waals surface area (Å²) in [7, 11) is 1.81. The first-order chi connectivity index (χ1) is 10.1. The number of anilines is 1. The van der Waals surface area contributed by atoms with E-state index in [4.69, 9.17) is 9.84 Å². The van der Waals surface area contributed by atoms with Crippen molar-refractivity contribution < 1.29 is 19.3 Å². The molecule has 0 saturated heterocycles. The van der Waals surface area contributed by atoms with Gasteiger partial charge in [0.25, 0.3) is 0 Å². The average molecular weight is 295 g/mol. The van der Waals surface area contributed by atoms with Gasteiger partial charge in [-0.25, -0.2) is 4.39 Å². The Labute approximate surface area is 121 Å². The number of ether oxygens (including phenoxy) is 1. The van der Waals surface area contributed by atoms with Gasteiger partial charge in [0.2, 0.25) is 0 Å². The quantitative estimate of drug-likeness (QED) is 0.707. The van der Waals surface area contributed by atoms with E-state index in [-0.39, 0.29) is 13.2 Å². The van der Waals surface area contributed by atoms with Crippen LogP contribution in [0.2, 0.25) is 0 Å². The lowest BCUT2D eigenvalue weighted by Gasteiger charge is -2.15. The molecule has 0 amide bonds. The number of nitrogens with one attached hydrogen (secondary N) is 1. The van der Waals surface area contributed by atoms with Gasteiger partial charge in [-0.05, 0) is 18.2 Å². The van der Waals surface area contributed by atoms with Gasteiger partial charge in [-0.2, -0.15) is 5.10 Å². The third kappa shape index (κ3) is 4.17. The van der Waals surface area contributed by atoms with Crippen LogP contribution in [0.25, 0.3) is 0 Å². The molecular formula is C14H18FN3O3. The topological polar surface area (TPSA) is 79.5 Å². The average Bonchev–Trinajstić information content (AvgIpc) is 2.89. The minimum absolute atomic E-state index is 0.0992. The molecule has 1 atom stereocenters. The molecule has 0 aliphatic rings. The lowest BCUT2D eigenvalue weighted by molar-refractivity contribution is 0.105. The summed E-state index contributed by atoms with van der Waals surface area (Å²) in [6.07, 6.45) is 0.748. The molecule has 1 heterocycles. The van der Waals surface area contributed by atoms with Gasteiger partial charge in [0.15, 0.2) is 0 Å². The smallest absolute Gasteiger partial charge is 0.143 e. The summed E-state index contributed by atoms with van der Waals surface area (Å²) < 4.78 is 20.6. The van der Waals surface area contributed by atoms with Gasteiger partial charge >= 0.3 is 0 Å². The Bertz CT molecular complexity index is 589. The molecular weight excluding hydrogens is 277 g/mol. The first kappa shape index (κ1) is 15.3. The second-order valence-electron chi connectivity index (χ2n) is 4.59. The SMILES string of the molecule is Cn1nccc1COc1ccc(F)cc1NCC(O)CO. The monoisotopic (exact) mass is 295 g/mol. The third-order valence-electron chi connectivity index (χ3n) is 2.98. The van der Waals surface area contributed by atoms with Gasteiger partial charge in [-0.15, -0.1) is 0 Å². The molecule has 6 nitrogen and oxygen atoms in total. The maximum Gasteiger partial charge on any atom is 0.143 e. The van der Waals surface area contributed by atoms with E-state index in [0.717, 1.165) is 5.69 Å². The van der Waals surface area contributed by atoms with Crippen LogP contribution in [0, 0.1) is 5.82 Å². The predicted octanol–water partition coefficient (Wildman–Crippen LogP) is 0.903. The van der Waals surface area contributed by atoms with E-state index in [1.54, 1.807) is 17.9 Å². The van der Waals surface area contributed by atoms with Crippen LogP contribution in [0.15, 0.2) is 30.5 Å². The van der Waals surface area contributed by atoms with Crippen molar-refractivity contribution in [2.75, 3.05) is 18.5 Å². The van der Waals surface area contributed by atoms with Crippen molar-refractivity contribution in [3.05, 3.63) is 42.0 Å². The molecule has 0 spiro atoms. The van der Waals surface area contributed by atoms with Crippen LogP contribution in [0.3, 0.4) is 0 Å². The number of aromatic nitrogens is 2. The van der Waals surface area contributed by atoms with E-state index < -0.39 is 11.9 Å². The lowest BCUT2D eigenvalue weighted by atomic mass is 10.2. The molecule has 0 fully saturated rings. The first-order valence-electron chi connectivity index (χ1n) is 6.52. The van der Waals surface area contributed by atoms with E-state index in [0.29, 0.717) is 18.0 Å². The number of hydrogen-bond donors (Lipinski definition) is 3. The Kier molecular flexibility index (Phi) is 5.13. The number of aliphatic hydroxyl groups is 2. The number of hydrogen-bond acceptors (Lipinski definition) is 5. The molecule has 0 bridgehead atoms. The molecule has 0 aliphatic carbocycles. The van der Waals surface area contributed by atoms with Crippen LogP contribution in [0.1, 0.15) is 5.69 Å². The highest BCUT2D eigenvalue weighted by Crippen LogP contribution is 2.26. The fraction of sp³-hybridized carbons (Fsp3) is 0.357. The van der Waals surface area contributed by atoms with Gasteiger partial charge in [0.05, 0.1) is 24.1 Å². The molecule has 3 N–H and O–H groups in total. The van der Waals surface area contributed by atoms with Gasteiger partial charge in [0.1, 0.15) is 18.2 Å². The van der Waals surface area contributed by atoms with Crippen molar-refractivity contribution in [2.45, 2.75) is 12.7 Å². The van der Waals surface area contributed by atoms with E-state index in [1.165, 1.54) is 18.2 Å². The summed E-state index contributed by atoms with van der Waals surface area (Å²) >= 11 is 0. The summed E-state index contributed by atoms with van der Waals surface area (Å²) in [6.45, 7) is 0.0227. The Morgan fingerprint density at radius 2 is 2.24 bits per heavy atom. The number of rotatable bonds is 7. The second kappa shape index (κ2) is 7.05. The summed E-state index contributed by atoms with van der Waals surface area (Å²) in [5.41, 5.74) is 1.30. The van der Waals surface area contributed by atoms with E-state index in [9.17, 15) is 9.50 Å². The zero-order valence-corrected chi connectivity index (χ0v) is 11.7. The second-order valence-corrected chi connectivity index (χ2v) is 4.59. The molecule has 2 rings (SSSR count). The van der Waals surface area contributed by atoms with Crippen LogP contribution >= 0.6 is 0 Å². The summed E-state index contributed by atoms with van der Waals surface area (Å²) in [4.78, 5) is 0. The van der Waals surface area contributed by atoms with Crippen LogP contribution in [-0.2, 0) is 13.7 Å². The van der Waals surface area contributed by atoms with Gasteiger partial charge in [0, 0.05) is 25.9 Å². The standard InChI is InChI=1S/C14H18FN3O3/c1-18-11(4-5-17-18)9-21-14-3-2-10(15)6-13(14)16-7-12(20)8-19/h2-6,12,16,19-20H,7-9H2,1H3. The number of nitrogens with zero attached hydrogens (tertiary/aromatic N) is 2. The molecule has 0 saturated carbocycles.